The van der Waals surface area contributed by atoms with Crippen molar-refractivity contribution in [1.29, 1.82) is 0 Å². The van der Waals surface area contributed by atoms with Crippen LogP contribution in [0.4, 0.5) is 0 Å². The molecule has 0 amide bonds. The minimum Gasteiger partial charge on any atom is -0.262 e. The molecule has 24 heavy (non-hydrogen) atoms. The SMILES string of the molecule is CC1(C)[C@@H]2CC[C@]1(C)[C@@H](OS(=O)(=O)c1ccc3cccccc1-3)C2. The summed E-state index contributed by atoms with van der Waals surface area (Å²) < 4.78 is 31.8. The van der Waals surface area contributed by atoms with Gasteiger partial charge in [0.05, 0.1) is 6.10 Å². The van der Waals surface area contributed by atoms with Crippen molar-refractivity contribution in [2.45, 2.75) is 51.0 Å². The predicted molar refractivity (Wildman–Crippen MR) is 94.4 cm³/mol. The minimum absolute atomic E-state index is 0.0716. The quantitative estimate of drug-likeness (QED) is 0.757. The van der Waals surface area contributed by atoms with E-state index in [9.17, 15) is 8.42 Å². The van der Waals surface area contributed by atoms with Gasteiger partial charge in [-0.05, 0) is 42.2 Å². The second-order valence-electron chi connectivity index (χ2n) is 8.13. The molecule has 2 saturated carbocycles. The molecule has 0 aromatic heterocycles. The molecular weight excluding hydrogens is 320 g/mol. The first kappa shape index (κ1) is 16.1. The lowest BCUT2D eigenvalue weighted by molar-refractivity contribution is 0.0346. The van der Waals surface area contributed by atoms with Crippen LogP contribution in [0.25, 0.3) is 11.1 Å². The molecular formula is C20H24O3S. The van der Waals surface area contributed by atoms with Crippen molar-refractivity contribution in [2.24, 2.45) is 16.7 Å². The van der Waals surface area contributed by atoms with Crippen LogP contribution in [0.15, 0.2) is 47.4 Å². The first-order valence-corrected chi connectivity index (χ1v) is 10.1. The maximum atomic E-state index is 13.0. The molecule has 0 unspecified atom stereocenters. The van der Waals surface area contributed by atoms with E-state index in [-0.39, 0.29) is 21.8 Å². The van der Waals surface area contributed by atoms with Gasteiger partial charge in [0.2, 0.25) is 0 Å². The van der Waals surface area contributed by atoms with Gasteiger partial charge < -0.3 is 0 Å². The number of hydrogen-bond donors (Lipinski definition) is 0. The minimum atomic E-state index is -3.77. The molecule has 0 radical (unpaired) electrons. The number of fused-ring (bicyclic) bond motifs is 3. The van der Waals surface area contributed by atoms with Gasteiger partial charge in [-0.25, -0.2) is 0 Å². The van der Waals surface area contributed by atoms with Crippen molar-refractivity contribution in [3.8, 4) is 11.1 Å². The molecule has 0 aromatic carbocycles. The maximum Gasteiger partial charge on any atom is 0.297 e. The highest BCUT2D eigenvalue weighted by molar-refractivity contribution is 7.87. The van der Waals surface area contributed by atoms with Crippen LogP contribution in [0.2, 0.25) is 0 Å². The van der Waals surface area contributed by atoms with Gasteiger partial charge in [-0.1, -0.05) is 57.2 Å². The Hall–Kier alpha value is -1.39. The fourth-order valence-electron chi connectivity index (χ4n) is 4.88. The lowest BCUT2D eigenvalue weighted by atomic mass is 9.70. The van der Waals surface area contributed by atoms with Gasteiger partial charge in [0, 0.05) is 11.0 Å². The molecule has 128 valence electrons. The summed E-state index contributed by atoms with van der Waals surface area (Å²) in [5.74, 6) is 0.553. The van der Waals surface area contributed by atoms with Gasteiger partial charge in [-0.3, -0.25) is 4.18 Å². The van der Waals surface area contributed by atoms with E-state index in [1.807, 2.05) is 36.4 Å². The Morgan fingerprint density at radius 2 is 1.79 bits per heavy atom. The fourth-order valence-corrected chi connectivity index (χ4v) is 6.28. The smallest absolute Gasteiger partial charge is 0.262 e. The average Bonchev–Trinajstić information content (AvgIpc) is 2.98. The second kappa shape index (κ2) is 5.06. The zero-order valence-corrected chi connectivity index (χ0v) is 15.3. The Bertz CT molecular complexity index is 855. The Labute approximate surface area is 144 Å². The Kier molecular flexibility index (Phi) is 3.39. The Morgan fingerprint density at radius 1 is 1.04 bits per heavy atom. The first-order chi connectivity index (χ1) is 11.3. The van der Waals surface area contributed by atoms with E-state index >= 15 is 0 Å². The average molecular weight is 344 g/mol. The highest BCUT2D eigenvalue weighted by atomic mass is 32.2. The molecule has 0 aliphatic heterocycles. The van der Waals surface area contributed by atoms with E-state index in [0.717, 1.165) is 24.0 Å². The van der Waals surface area contributed by atoms with Crippen LogP contribution < -0.4 is 0 Å². The monoisotopic (exact) mass is 344 g/mol. The highest BCUT2D eigenvalue weighted by Gasteiger charge is 2.62. The lowest BCUT2D eigenvalue weighted by Crippen LogP contribution is -2.38. The van der Waals surface area contributed by atoms with E-state index in [0.29, 0.717) is 5.92 Å². The molecule has 2 fully saturated rings. The summed E-state index contributed by atoms with van der Waals surface area (Å²) in [4.78, 5) is 0.290. The topological polar surface area (TPSA) is 43.4 Å². The van der Waals surface area contributed by atoms with Crippen LogP contribution in [0.5, 0.6) is 0 Å². The molecule has 0 N–H and O–H groups in total. The van der Waals surface area contributed by atoms with E-state index in [1.165, 1.54) is 6.42 Å². The fraction of sp³-hybridized carbons (Fsp3) is 0.500. The van der Waals surface area contributed by atoms with Crippen molar-refractivity contribution in [1.82, 2.24) is 0 Å². The van der Waals surface area contributed by atoms with Crippen molar-refractivity contribution in [3.63, 3.8) is 0 Å². The Morgan fingerprint density at radius 3 is 2.46 bits per heavy atom. The van der Waals surface area contributed by atoms with Crippen molar-refractivity contribution < 1.29 is 12.6 Å². The molecule has 4 rings (SSSR count). The zero-order valence-electron chi connectivity index (χ0n) is 14.5. The van der Waals surface area contributed by atoms with Crippen LogP contribution in [-0.2, 0) is 14.3 Å². The van der Waals surface area contributed by atoms with Crippen LogP contribution in [-0.4, -0.2) is 14.5 Å². The molecule has 0 spiro atoms. The standard InChI is InChI=1S/C20H24O3S/c1-19(2)15-11-12-20(19,3)18(13-15)23-24(21,22)17-10-9-14-7-5-4-6-8-16(14)17/h4-10,15,18H,11-13H2,1-3H3/t15-,18+,20-/m1/s1. The highest BCUT2D eigenvalue weighted by Crippen LogP contribution is 2.66. The summed E-state index contributed by atoms with van der Waals surface area (Å²) >= 11 is 0. The summed E-state index contributed by atoms with van der Waals surface area (Å²) in [6.45, 7) is 6.72. The molecule has 0 heterocycles. The zero-order chi connectivity index (χ0) is 17.2. The molecule has 3 atom stereocenters. The molecule has 3 nitrogen and oxygen atoms in total. The van der Waals surface area contributed by atoms with Crippen LogP contribution in [0.1, 0.15) is 40.0 Å². The van der Waals surface area contributed by atoms with Crippen molar-refractivity contribution >= 4 is 10.1 Å². The number of rotatable bonds is 3. The van der Waals surface area contributed by atoms with Gasteiger partial charge in [-0.15, -0.1) is 0 Å². The normalized spacial score (nSPS) is 31.6. The van der Waals surface area contributed by atoms with Gasteiger partial charge in [0.25, 0.3) is 10.1 Å². The van der Waals surface area contributed by atoms with Crippen LogP contribution >= 0.6 is 0 Å². The van der Waals surface area contributed by atoms with Gasteiger partial charge in [0.1, 0.15) is 4.90 Å². The lowest BCUT2D eigenvalue weighted by Gasteiger charge is -2.38. The van der Waals surface area contributed by atoms with E-state index < -0.39 is 10.1 Å². The molecule has 4 aliphatic rings. The third kappa shape index (κ3) is 2.09. The van der Waals surface area contributed by atoms with E-state index in [2.05, 4.69) is 20.8 Å². The maximum absolute atomic E-state index is 13.0. The molecule has 4 heteroatoms. The molecule has 0 aromatic rings. The first-order valence-electron chi connectivity index (χ1n) is 8.67. The summed E-state index contributed by atoms with van der Waals surface area (Å²) in [7, 11) is -3.77. The van der Waals surface area contributed by atoms with Gasteiger partial charge in [-0.2, -0.15) is 8.42 Å². The molecule has 0 saturated heterocycles. The van der Waals surface area contributed by atoms with Crippen molar-refractivity contribution in [3.05, 3.63) is 42.5 Å². The van der Waals surface area contributed by atoms with Gasteiger partial charge in [0.15, 0.2) is 0 Å². The summed E-state index contributed by atoms with van der Waals surface area (Å²) in [6, 6.07) is 13.0. The second-order valence-corrected chi connectivity index (χ2v) is 9.67. The van der Waals surface area contributed by atoms with Crippen molar-refractivity contribution in [2.75, 3.05) is 0 Å². The molecule has 4 aliphatic carbocycles. The summed E-state index contributed by atoms with van der Waals surface area (Å²) in [5.41, 5.74) is 1.71. The van der Waals surface area contributed by atoms with Crippen LogP contribution in [0.3, 0.4) is 0 Å². The third-order valence-electron chi connectivity index (χ3n) is 6.98. The summed E-state index contributed by atoms with van der Waals surface area (Å²) in [6.07, 6.45) is 2.84. The predicted octanol–water partition coefficient (Wildman–Crippen LogP) is 4.71. The van der Waals surface area contributed by atoms with E-state index in [4.69, 9.17) is 4.18 Å². The van der Waals surface area contributed by atoms with Gasteiger partial charge >= 0.3 is 0 Å². The summed E-state index contributed by atoms with van der Waals surface area (Å²) in [5, 5.41) is 0. The van der Waals surface area contributed by atoms with Crippen LogP contribution in [0, 0.1) is 16.7 Å². The van der Waals surface area contributed by atoms with E-state index in [1.54, 1.807) is 6.07 Å². The largest absolute Gasteiger partial charge is 0.297 e. The number of hydrogen-bond acceptors (Lipinski definition) is 3. The molecule has 2 bridgehead atoms. The Balaban J connectivity index is 1.68. The third-order valence-corrected chi connectivity index (χ3v) is 8.36.